The van der Waals surface area contributed by atoms with Gasteiger partial charge in [-0.1, -0.05) is 42.5 Å². The third kappa shape index (κ3) is 3.50. The molecule has 4 aromatic carbocycles. The van der Waals surface area contributed by atoms with Crippen LogP contribution in [0.15, 0.2) is 83.3 Å². The number of para-hydroxylation sites is 4. The van der Waals surface area contributed by atoms with Gasteiger partial charge in [0, 0.05) is 28.0 Å². The molecule has 3 heterocycles. The van der Waals surface area contributed by atoms with Crippen LogP contribution in [0, 0.1) is 0 Å². The molecule has 7 heteroatoms. The van der Waals surface area contributed by atoms with Gasteiger partial charge in [-0.05, 0) is 58.0 Å². The van der Waals surface area contributed by atoms with Crippen molar-refractivity contribution in [3.63, 3.8) is 0 Å². The number of rotatable bonds is 3. The van der Waals surface area contributed by atoms with Crippen molar-refractivity contribution < 1.29 is 23.2 Å². The van der Waals surface area contributed by atoms with Gasteiger partial charge >= 0.3 is 7.12 Å². The minimum Gasteiger partial charge on any atom is -0.454 e. The molecule has 0 radical (unpaired) electrons. The van der Waals surface area contributed by atoms with Crippen LogP contribution in [0.25, 0.3) is 21.9 Å². The molecule has 1 aromatic heterocycles. The van der Waals surface area contributed by atoms with E-state index >= 15 is 0 Å². The normalized spacial score (nSPS) is 17.2. The minimum atomic E-state index is -0.603. The van der Waals surface area contributed by atoms with Gasteiger partial charge < -0.3 is 28.5 Å². The lowest BCUT2D eigenvalue weighted by molar-refractivity contribution is 0.00578. The lowest BCUT2D eigenvalue weighted by atomic mass is 9.77. The van der Waals surface area contributed by atoms with Crippen molar-refractivity contribution in [2.24, 2.45) is 0 Å². The third-order valence-electron chi connectivity index (χ3n) is 7.59. The molecule has 0 amide bonds. The minimum absolute atomic E-state index is 0.493. The summed E-state index contributed by atoms with van der Waals surface area (Å²) in [5.74, 6) is 2.56. The Kier molecular flexibility index (Phi) is 4.68. The van der Waals surface area contributed by atoms with Crippen molar-refractivity contribution in [1.29, 1.82) is 0 Å². The summed E-state index contributed by atoms with van der Waals surface area (Å²) in [5.41, 5.74) is 3.08. The summed E-state index contributed by atoms with van der Waals surface area (Å²) in [6, 6.07) is 25.7. The summed E-state index contributed by atoms with van der Waals surface area (Å²) in [7, 11) is -0.603. The van der Waals surface area contributed by atoms with Crippen LogP contribution in [-0.2, 0) is 9.31 Å². The molecule has 5 aromatic rings. The van der Waals surface area contributed by atoms with Crippen molar-refractivity contribution in [2.45, 2.75) is 38.9 Å². The second-order valence-electron chi connectivity index (χ2n) is 10.5. The predicted molar refractivity (Wildman–Crippen MR) is 146 cm³/mol. The fourth-order valence-electron chi connectivity index (χ4n) is 4.85. The van der Waals surface area contributed by atoms with E-state index in [1.807, 2.05) is 94.4 Å². The summed E-state index contributed by atoms with van der Waals surface area (Å²) in [6.07, 6.45) is 0. The van der Waals surface area contributed by atoms with Crippen LogP contribution in [0.1, 0.15) is 27.7 Å². The zero-order valence-electron chi connectivity index (χ0n) is 21.1. The highest BCUT2D eigenvalue weighted by molar-refractivity contribution is 6.64. The fraction of sp³-hybridized carbons (Fsp3) is 0.200. The van der Waals surface area contributed by atoms with E-state index < -0.39 is 18.3 Å². The molecular weight excluding hydrogens is 465 g/mol. The monoisotopic (exact) mass is 491 g/mol. The molecule has 0 spiro atoms. The van der Waals surface area contributed by atoms with Gasteiger partial charge in [0.15, 0.2) is 28.6 Å². The lowest BCUT2D eigenvalue weighted by Crippen LogP contribution is -2.41. The number of fused-ring (bicyclic) bond motifs is 5. The Morgan fingerprint density at radius 3 is 1.97 bits per heavy atom. The molecule has 37 heavy (non-hydrogen) atoms. The zero-order valence-corrected chi connectivity index (χ0v) is 21.1. The summed E-state index contributed by atoms with van der Waals surface area (Å²) in [4.78, 5) is 0. The van der Waals surface area contributed by atoms with Crippen LogP contribution in [0.5, 0.6) is 23.0 Å². The maximum atomic E-state index is 6.44. The van der Waals surface area contributed by atoms with Crippen molar-refractivity contribution in [1.82, 2.24) is 0 Å². The van der Waals surface area contributed by atoms with Crippen LogP contribution in [-0.4, -0.2) is 18.3 Å². The first kappa shape index (κ1) is 22.3. The van der Waals surface area contributed by atoms with Crippen molar-refractivity contribution in [2.75, 3.05) is 5.32 Å². The van der Waals surface area contributed by atoms with Crippen molar-refractivity contribution >= 4 is 45.9 Å². The molecule has 1 fully saturated rings. The van der Waals surface area contributed by atoms with Gasteiger partial charge in [-0.25, -0.2) is 0 Å². The Labute approximate surface area is 215 Å². The molecule has 1 saturated heterocycles. The molecule has 2 aliphatic rings. The maximum absolute atomic E-state index is 6.44. The average Bonchev–Trinajstić information content (AvgIpc) is 3.36. The molecule has 0 saturated carbocycles. The summed E-state index contributed by atoms with van der Waals surface area (Å²) in [6.45, 7) is 8.18. The van der Waals surface area contributed by atoms with Gasteiger partial charge in [0.25, 0.3) is 0 Å². The average molecular weight is 491 g/mol. The van der Waals surface area contributed by atoms with Crippen molar-refractivity contribution in [3.8, 4) is 23.0 Å². The largest absolute Gasteiger partial charge is 0.497 e. The molecule has 0 unspecified atom stereocenters. The van der Waals surface area contributed by atoms with Crippen LogP contribution in [0.3, 0.4) is 0 Å². The van der Waals surface area contributed by atoms with Gasteiger partial charge in [0.05, 0.1) is 16.9 Å². The predicted octanol–water partition coefficient (Wildman–Crippen LogP) is 7.53. The second-order valence-corrected chi connectivity index (χ2v) is 10.5. The first-order chi connectivity index (χ1) is 17.8. The molecule has 0 bridgehead atoms. The van der Waals surface area contributed by atoms with E-state index in [4.69, 9.17) is 23.2 Å². The highest BCUT2D eigenvalue weighted by Gasteiger charge is 2.52. The maximum Gasteiger partial charge on any atom is 0.497 e. The van der Waals surface area contributed by atoms with Gasteiger partial charge in [-0.3, -0.25) is 0 Å². The molecule has 0 aliphatic carbocycles. The molecule has 0 atom stereocenters. The highest BCUT2D eigenvalue weighted by Crippen LogP contribution is 2.47. The van der Waals surface area contributed by atoms with E-state index in [2.05, 4.69) is 17.4 Å². The zero-order chi connectivity index (χ0) is 25.4. The van der Waals surface area contributed by atoms with Crippen LogP contribution < -0.4 is 20.3 Å². The Hall–Kier alpha value is -3.94. The Morgan fingerprint density at radius 2 is 1.24 bits per heavy atom. The summed E-state index contributed by atoms with van der Waals surface area (Å²) in [5, 5.41) is 5.71. The first-order valence-electron chi connectivity index (χ1n) is 12.4. The van der Waals surface area contributed by atoms with E-state index in [1.165, 1.54) is 0 Å². The lowest BCUT2D eigenvalue weighted by Gasteiger charge is -2.32. The van der Waals surface area contributed by atoms with Crippen molar-refractivity contribution in [3.05, 3.63) is 78.9 Å². The number of benzene rings is 4. The Morgan fingerprint density at radius 1 is 0.622 bits per heavy atom. The first-order valence-corrected chi connectivity index (χ1v) is 12.4. The molecule has 7 rings (SSSR count). The Bertz CT molecular complexity index is 1670. The Balaban J connectivity index is 1.36. The molecular formula is C30H26BNO5. The number of nitrogens with one attached hydrogen (secondary N) is 1. The number of hydrogen-bond acceptors (Lipinski definition) is 6. The van der Waals surface area contributed by atoms with Crippen LogP contribution >= 0.6 is 0 Å². The van der Waals surface area contributed by atoms with E-state index in [0.717, 1.165) is 38.8 Å². The number of furan rings is 1. The molecule has 6 nitrogen and oxygen atoms in total. The fourth-order valence-corrected chi connectivity index (χ4v) is 4.85. The molecule has 2 aliphatic heterocycles. The van der Waals surface area contributed by atoms with E-state index in [1.54, 1.807) is 0 Å². The van der Waals surface area contributed by atoms with Gasteiger partial charge in [0.2, 0.25) is 0 Å². The number of ether oxygens (including phenoxy) is 2. The third-order valence-corrected chi connectivity index (χ3v) is 7.59. The van der Waals surface area contributed by atoms with Gasteiger partial charge in [0.1, 0.15) is 5.58 Å². The smallest absolute Gasteiger partial charge is 0.454 e. The number of hydrogen-bond donors (Lipinski definition) is 1. The standard InChI is InChI=1S/C30H26BNO5/c1-29(2)30(3,4)37-31(36-29)20-16-26-27(34-25-15-8-7-14-24(25)33-26)17-22(20)32-21-12-9-11-19-18-10-5-6-13-23(18)35-28(19)21/h5-17,32H,1-4H3. The van der Waals surface area contributed by atoms with E-state index in [0.29, 0.717) is 23.0 Å². The number of anilines is 2. The second kappa shape index (κ2) is 7.78. The van der Waals surface area contributed by atoms with E-state index in [-0.39, 0.29) is 0 Å². The van der Waals surface area contributed by atoms with Crippen LogP contribution in [0.4, 0.5) is 11.4 Å². The molecule has 1 N–H and O–H groups in total. The summed E-state index contributed by atoms with van der Waals surface area (Å²) >= 11 is 0. The van der Waals surface area contributed by atoms with Crippen LogP contribution in [0.2, 0.25) is 0 Å². The summed E-state index contributed by atoms with van der Waals surface area (Å²) < 4.78 is 31.6. The molecule has 184 valence electrons. The van der Waals surface area contributed by atoms with E-state index in [9.17, 15) is 0 Å². The highest BCUT2D eigenvalue weighted by atomic mass is 16.7. The van der Waals surface area contributed by atoms with Gasteiger partial charge in [-0.2, -0.15) is 0 Å². The SMILES string of the molecule is CC1(C)OB(c2cc3c(cc2Nc2cccc4c2oc2ccccc24)Oc2ccccc2O3)OC1(C)C. The topological polar surface area (TPSA) is 62.1 Å². The quantitative estimate of drug-likeness (QED) is 0.258. The van der Waals surface area contributed by atoms with Gasteiger partial charge in [-0.15, -0.1) is 0 Å².